The zero-order chi connectivity index (χ0) is 14.4. The minimum atomic E-state index is -0.193. The van der Waals surface area contributed by atoms with Crippen LogP contribution in [0.1, 0.15) is 25.8 Å². The third-order valence-corrected chi connectivity index (χ3v) is 3.32. The first-order valence-corrected chi connectivity index (χ1v) is 6.84. The molecule has 5 nitrogen and oxygen atoms in total. The first-order chi connectivity index (χ1) is 9.69. The van der Waals surface area contributed by atoms with Gasteiger partial charge in [0, 0.05) is 29.0 Å². The van der Waals surface area contributed by atoms with Crippen molar-refractivity contribution >= 4 is 17.2 Å². The van der Waals surface area contributed by atoms with Crippen LogP contribution in [0.5, 0.6) is 0 Å². The minimum absolute atomic E-state index is 0.193. The number of thiazole rings is 1. The van der Waals surface area contributed by atoms with Crippen molar-refractivity contribution in [2.45, 2.75) is 13.5 Å². The number of aryl methyl sites for hydroxylation is 1. The number of rotatable bonds is 3. The van der Waals surface area contributed by atoms with E-state index in [0.29, 0.717) is 17.7 Å². The second-order valence-corrected chi connectivity index (χ2v) is 5.33. The van der Waals surface area contributed by atoms with Crippen molar-refractivity contribution in [2.24, 2.45) is 5.73 Å². The SMILES string of the molecule is Cc1cnc(CNC(=O)c2cncc(C#CCN)c2)s1. The van der Waals surface area contributed by atoms with Crippen LogP contribution in [0, 0.1) is 18.8 Å². The summed E-state index contributed by atoms with van der Waals surface area (Å²) in [6.07, 6.45) is 4.90. The molecule has 0 saturated heterocycles. The monoisotopic (exact) mass is 286 g/mol. The fourth-order valence-corrected chi connectivity index (χ4v) is 2.25. The van der Waals surface area contributed by atoms with Gasteiger partial charge in [0.1, 0.15) is 5.01 Å². The third-order valence-electron chi connectivity index (χ3n) is 2.40. The van der Waals surface area contributed by atoms with Crippen LogP contribution in [-0.2, 0) is 6.54 Å². The highest BCUT2D eigenvalue weighted by Gasteiger charge is 2.07. The molecule has 0 fully saturated rings. The van der Waals surface area contributed by atoms with Gasteiger partial charge in [-0.05, 0) is 13.0 Å². The quantitative estimate of drug-likeness (QED) is 0.828. The van der Waals surface area contributed by atoms with Crippen molar-refractivity contribution in [3.8, 4) is 11.8 Å². The summed E-state index contributed by atoms with van der Waals surface area (Å²) in [5.41, 5.74) is 6.46. The Hall–Kier alpha value is -2.23. The Kier molecular flexibility index (Phi) is 4.82. The topological polar surface area (TPSA) is 80.9 Å². The first-order valence-electron chi connectivity index (χ1n) is 6.02. The van der Waals surface area contributed by atoms with E-state index in [-0.39, 0.29) is 12.5 Å². The number of aromatic nitrogens is 2. The minimum Gasteiger partial charge on any atom is -0.345 e. The number of pyridine rings is 1. The van der Waals surface area contributed by atoms with Gasteiger partial charge >= 0.3 is 0 Å². The van der Waals surface area contributed by atoms with Crippen LogP contribution in [0.15, 0.2) is 24.7 Å². The molecule has 102 valence electrons. The Morgan fingerprint density at radius 1 is 1.45 bits per heavy atom. The van der Waals surface area contributed by atoms with Gasteiger partial charge < -0.3 is 11.1 Å². The number of nitrogens with zero attached hydrogens (tertiary/aromatic N) is 2. The average Bonchev–Trinajstić information content (AvgIpc) is 2.88. The maximum atomic E-state index is 12.0. The molecule has 0 spiro atoms. The lowest BCUT2D eigenvalue weighted by Crippen LogP contribution is -2.22. The van der Waals surface area contributed by atoms with E-state index in [1.54, 1.807) is 29.8 Å². The predicted molar refractivity (Wildman–Crippen MR) is 78.2 cm³/mol. The van der Waals surface area contributed by atoms with E-state index in [2.05, 4.69) is 27.1 Å². The second kappa shape index (κ2) is 6.80. The van der Waals surface area contributed by atoms with E-state index in [0.717, 1.165) is 9.88 Å². The van der Waals surface area contributed by atoms with Crippen molar-refractivity contribution in [3.63, 3.8) is 0 Å². The molecule has 0 aliphatic heterocycles. The number of carbonyl (C=O) groups excluding carboxylic acids is 1. The summed E-state index contributed by atoms with van der Waals surface area (Å²) in [5, 5.41) is 3.69. The summed E-state index contributed by atoms with van der Waals surface area (Å²) in [6, 6.07) is 1.69. The van der Waals surface area contributed by atoms with E-state index in [9.17, 15) is 4.79 Å². The summed E-state index contributed by atoms with van der Waals surface area (Å²) in [6.45, 7) is 2.67. The first kappa shape index (κ1) is 14.2. The van der Waals surface area contributed by atoms with Gasteiger partial charge in [-0.3, -0.25) is 9.78 Å². The van der Waals surface area contributed by atoms with Crippen LogP contribution >= 0.6 is 11.3 Å². The van der Waals surface area contributed by atoms with Crippen LogP contribution in [0.25, 0.3) is 0 Å². The highest BCUT2D eigenvalue weighted by Crippen LogP contribution is 2.10. The molecule has 2 aromatic rings. The lowest BCUT2D eigenvalue weighted by Gasteiger charge is -2.03. The van der Waals surface area contributed by atoms with E-state index in [1.807, 2.05) is 6.92 Å². The molecule has 3 N–H and O–H groups in total. The van der Waals surface area contributed by atoms with E-state index in [4.69, 9.17) is 5.73 Å². The molecule has 0 saturated carbocycles. The predicted octanol–water partition coefficient (Wildman–Crippen LogP) is 1.09. The number of amides is 1. The Morgan fingerprint density at radius 3 is 3.00 bits per heavy atom. The molecule has 0 atom stereocenters. The number of hydrogen-bond acceptors (Lipinski definition) is 5. The van der Waals surface area contributed by atoms with E-state index < -0.39 is 0 Å². The van der Waals surface area contributed by atoms with E-state index >= 15 is 0 Å². The zero-order valence-corrected chi connectivity index (χ0v) is 11.8. The lowest BCUT2D eigenvalue weighted by molar-refractivity contribution is 0.0950. The molecule has 0 bridgehead atoms. The van der Waals surface area contributed by atoms with Crippen LogP contribution in [-0.4, -0.2) is 22.4 Å². The van der Waals surface area contributed by atoms with Crippen molar-refractivity contribution < 1.29 is 4.79 Å². The van der Waals surface area contributed by atoms with Crippen molar-refractivity contribution in [3.05, 3.63) is 45.7 Å². The van der Waals surface area contributed by atoms with Crippen LogP contribution in [0.4, 0.5) is 0 Å². The molecule has 2 aromatic heterocycles. The lowest BCUT2D eigenvalue weighted by atomic mass is 10.2. The number of carbonyl (C=O) groups is 1. The number of hydrogen-bond donors (Lipinski definition) is 2. The van der Waals surface area contributed by atoms with Gasteiger partial charge in [0.25, 0.3) is 5.91 Å². The molecule has 20 heavy (non-hydrogen) atoms. The molecular formula is C14H14N4OS. The van der Waals surface area contributed by atoms with Gasteiger partial charge in [0.05, 0.1) is 18.7 Å². The summed E-state index contributed by atoms with van der Waals surface area (Å²) in [5.74, 6) is 5.39. The fraction of sp³-hybridized carbons (Fsp3) is 0.214. The normalized spacial score (nSPS) is 9.70. The van der Waals surface area contributed by atoms with Gasteiger partial charge in [0.2, 0.25) is 0 Å². The molecule has 1 amide bonds. The highest BCUT2D eigenvalue weighted by molar-refractivity contribution is 7.11. The Balaban J connectivity index is 2.01. The highest BCUT2D eigenvalue weighted by atomic mass is 32.1. The molecule has 0 radical (unpaired) electrons. The molecule has 0 aromatic carbocycles. The number of nitrogens with one attached hydrogen (secondary N) is 1. The van der Waals surface area contributed by atoms with Gasteiger partial charge in [-0.25, -0.2) is 4.98 Å². The van der Waals surface area contributed by atoms with E-state index in [1.165, 1.54) is 6.20 Å². The Morgan fingerprint density at radius 2 is 2.30 bits per heavy atom. The van der Waals surface area contributed by atoms with Crippen molar-refractivity contribution in [2.75, 3.05) is 6.54 Å². The summed E-state index contributed by atoms with van der Waals surface area (Å²) >= 11 is 1.56. The maximum Gasteiger partial charge on any atom is 0.253 e. The zero-order valence-electron chi connectivity index (χ0n) is 11.0. The smallest absolute Gasteiger partial charge is 0.253 e. The van der Waals surface area contributed by atoms with Gasteiger partial charge in [0.15, 0.2) is 0 Å². The van der Waals surface area contributed by atoms with Crippen LogP contribution < -0.4 is 11.1 Å². The molecule has 0 unspecified atom stereocenters. The largest absolute Gasteiger partial charge is 0.345 e. The van der Waals surface area contributed by atoms with Crippen LogP contribution in [0.2, 0.25) is 0 Å². The summed E-state index contributed by atoms with van der Waals surface area (Å²) in [7, 11) is 0. The van der Waals surface area contributed by atoms with Gasteiger partial charge in [-0.1, -0.05) is 11.8 Å². The second-order valence-electron chi connectivity index (χ2n) is 4.02. The Bertz CT molecular complexity index is 669. The van der Waals surface area contributed by atoms with Crippen molar-refractivity contribution in [1.29, 1.82) is 0 Å². The van der Waals surface area contributed by atoms with Crippen LogP contribution in [0.3, 0.4) is 0 Å². The molecule has 0 aliphatic carbocycles. The van der Waals surface area contributed by atoms with Gasteiger partial charge in [-0.15, -0.1) is 11.3 Å². The standard InChI is InChI=1S/C14H14N4OS/c1-10-6-17-13(20-10)9-18-14(19)12-5-11(3-2-4-15)7-16-8-12/h5-8H,4,9,15H2,1H3,(H,18,19). The summed E-state index contributed by atoms with van der Waals surface area (Å²) < 4.78 is 0. The fourth-order valence-electron chi connectivity index (χ4n) is 1.53. The molecule has 2 rings (SSSR count). The molecule has 0 aliphatic rings. The van der Waals surface area contributed by atoms with Gasteiger partial charge in [-0.2, -0.15) is 0 Å². The average molecular weight is 286 g/mol. The Labute approximate surface area is 121 Å². The molecule has 6 heteroatoms. The van der Waals surface area contributed by atoms with Crippen molar-refractivity contribution in [1.82, 2.24) is 15.3 Å². The molecular weight excluding hydrogens is 272 g/mol. The molecule has 2 heterocycles. The maximum absolute atomic E-state index is 12.0. The third kappa shape index (κ3) is 3.88. The summed E-state index contributed by atoms with van der Waals surface area (Å²) in [4.78, 5) is 21.3. The number of nitrogens with two attached hydrogens (primary N) is 1.